The Labute approximate surface area is 163 Å². The molecule has 0 fully saturated rings. The van der Waals surface area contributed by atoms with Crippen molar-refractivity contribution < 1.29 is 14.3 Å². The van der Waals surface area contributed by atoms with Crippen LogP contribution in [0.15, 0.2) is 35.3 Å². The average Bonchev–Trinajstić information content (AvgIpc) is 2.67. The van der Waals surface area contributed by atoms with Crippen molar-refractivity contribution >= 4 is 17.7 Å². The van der Waals surface area contributed by atoms with Gasteiger partial charge in [0, 0.05) is 25.0 Å². The predicted octanol–water partition coefficient (Wildman–Crippen LogP) is 2.51. The third kappa shape index (κ3) is 5.29. The summed E-state index contributed by atoms with van der Waals surface area (Å²) in [6.45, 7) is 2.79. The van der Waals surface area contributed by atoms with Crippen molar-refractivity contribution in [3.05, 3.63) is 57.5 Å². The zero-order chi connectivity index (χ0) is 19.8. The number of nitrogens with zero attached hydrogens (tertiary/aromatic N) is 1. The average molecular weight is 391 g/mol. The van der Waals surface area contributed by atoms with Crippen LogP contribution >= 0.6 is 11.8 Å². The highest BCUT2D eigenvalue weighted by atomic mass is 32.2. The Bertz CT molecular complexity index is 848. The Morgan fingerprint density at radius 1 is 1.19 bits per heavy atom. The van der Waals surface area contributed by atoms with Crippen molar-refractivity contribution in [1.82, 2.24) is 9.88 Å². The van der Waals surface area contributed by atoms with E-state index in [0.29, 0.717) is 36.6 Å². The van der Waals surface area contributed by atoms with E-state index in [-0.39, 0.29) is 17.0 Å². The van der Waals surface area contributed by atoms with E-state index in [9.17, 15) is 9.59 Å². The van der Waals surface area contributed by atoms with Crippen LogP contribution in [-0.4, -0.2) is 43.2 Å². The Balaban J connectivity index is 2.17. The number of carbonyl (C=O) groups is 1. The molecule has 1 N–H and O–H groups in total. The molecule has 1 aromatic carbocycles. The monoisotopic (exact) mass is 390 g/mol. The summed E-state index contributed by atoms with van der Waals surface area (Å²) in [5, 5.41) is 2.81. The van der Waals surface area contributed by atoms with Gasteiger partial charge in [0.05, 0.1) is 14.2 Å². The number of amides is 1. The lowest BCUT2D eigenvalue weighted by atomic mass is 10.1. The molecule has 0 unspecified atom stereocenters. The quantitative estimate of drug-likeness (QED) is 0.666. The number of thioether (sulfide) groups is 1. The molecule has 6 nitrogen and oxygen atoms in total. The van der Waals surface area contributed by atoms with Crippen LogP contribution in [-0.2, 0) is 13.0 Å². The molecule has 0 saturated heterocycles. The van der Waals surface area contributed by atoms with Gasteiger partial charge in [-0.2, -0.15) is 11.8 Å². The summed E-state index contributed by atoms with van der Waals surface area (Å²) < 4.78 is 12.1. The van der Waals surface area contributed by atoms with Crippen molar-refractivity contribution in [2.45, 2.75) is 19.9 Å². The fourth-order valence-electron chi connectivity index (χ4n) is 2.76. The number of aromatic nitrogens is 1. The first-order chi connectivity index (χ1) is 13.0. The van der Waals surface area contributed by atoms with Gasteiger partial charge in [-0.1, -0.05) is 6.07 Å². The maximum absolute atomic E-state index is 12.8. The molecule has 0 aliphatic rings. The molecule has 2 aromatic rings. The van der Waals surface area contributed by atoms with Crippen molar-refractivity contribution in [3.63, 3.8) is 0 Å². The number of nitrogens with one attached hydrogen (secondary N) is 1. The molecule has 0 spiro atoms. The molecule has 0 bridgehead atoms. The molecular formula is C20H26N2O4S. The highest BCUT2D eigenvalue weighted by Crippen LogP contribution is 2.27. The second-order valence-electron chi connectivity index (χ2n) is 6.06. The van der Waals surface area contributed by atoms with E-state index in [0.717, 1.165) is 11.3 Å². The molecule has 0 radical (unpaired) electrons. The summed E-state index contributed by atoms with van der Waals surface area (Å²) in [5.74, 6) is 1.82. The van der Waals surface area contributed by atoms with E-state index >= 15 is 0 Å². The number of pyridine rings is 1. The van der Waals surface area contributed by atoms with E-state index in [1.54, 1.807) is 49.7 Å². The van der Waals surface area contributed by atoms with Gasteiger partial charge in [-0.3, -0.25) is 9.59 Å². The van der Waals surface area contributed by atoms with Crippen molar-refractivity contribution in [2.75, 3.05) is 32.8 Å². The number of benzene rings is 1. The first kappa shape index (κ1) is 20.9. The van der Waals surface area contributed by atoms with Crippen LogP contribution in [0, 0.1) is 6.92 Å². The molecule has 0 aliphatic carbocycles. The molecule has 0 atom stereocenters. The van der Waals surface area contributed by atoms with E-state index in [1.165, 1.54) is 0 Å². The molecule has 27 heavy (non-hydrogen) atoms. The van der Waals surface area contributed by atoms with Gasteiger partial charge in [-0.05, 0) is 48.9 Å². The number of aryl methyl sites for hydroxylation is 3. The number of hydrogen-bond acceptors (Lipinski definition) is 5. The molecule has 146 valence electrons. The lowest BCUT2D eigenvalue weighted by Crippen LogP contribution is -2.35. The summed E-state index contributed by atoms with van der Waals surface area (Å²) in [6.07, 6.45) is 4.34. The topological polar surface area (TPSA) is 69.6 Å². The maximum atomic E-state index is 12.8. The minimum atomic E-state index is -0.313. The van der Waals surface area contributed by atoms with Crippen molar-refractivity contribution in [2.24, 2.45) is 0 Å². The van der Waals surface area contributed by atoms with Crippen LogP contribution in [0.1, 0.15) is 21.5 Å². The number of rotatable bonds is 9. The summed E-state index contributed by atoms with van der Waals surface area (Å²) in [5.41, 5.74) is 1.65. The smallest absolute Gasteiger partial charge is 0.263 e. The van der Waals surface area contributed by atoms with Gasteiger partial charge in [-0.25, -0.2) is 0 Å². The molecule has 2 rings (SSSR count). The van der Waals surface area contributed by atoms with Gasteiger partial charge in [-0.15, -0.1) is 0 Å². The third-order valence-corrected chi connectivity index (χ3v) is 4.89. The van der Waals surface area contributed by atoms with Gasteiger partial charge in [0.25, 0.3) is 11.5 Å². The molecular weight excluding hydrogens is 364 g/mol. The minimum absolute atomic E-state index is 0.214. The zero-order valence-electron chi connectivity index (χ0n) is 16.2. The number of hydrogen-bond donors (Lipinski definition) is 1. The standard InChI is InChI=1S/C20H26N2O4S/c1-14-7-10-22(20(24)18(14)19(23)21-9-12-27-4)11-8-15-5-6-16(25-2)17(13-15)26-3/h5-7,10,13H,8-9,11-12H2,1-4H3,(H,21,23). The maximum Gasteiger partial charge on any atom is 0.263 e. The van der Waals surface area contributed by atoms with E-state index in [1.807, 2.05) is 24.5 Å². The fourth-order valence-corrected chi connectivity index (χ4v) is 3.06. The minimum Gasteiger partial charge on any atom is -0.493 e. The summed E-state index contributed by atoms with van der Waals surface area (Å²) >= 11 is 1.64. The number of carbonyl (C=O) groups excluding carboxylic acids is 1. The van der Waals surface area contributed by atoms with Crippen molar-refractivity contribution in [1.29, 1.82) is 0 Å². The van der Waals surface area contributed by atoms with Crippen LogP contribution in [0.2, 0.25) is 0 Å². The lowest BCUT2D eigenvalue weighted by molar-refractivity contribution is 0.0953. The molecule has 1 amide bonds. The van der Waals surface area contributed by atoms with Gasteiger partial charge in [0.1, 0.15) is 5.56 Å². The summed E-state index contributed by atoms with van der Waals surface area (Å²) in [4.78, 5) is 25.1. The van der Waals surface area contributed by atoms with Gasteiger partial charge in [0.15, 0.2) is 11.5 Å². The van der Waals surface area contributed by atoms with Crippen LogP contribution in [0.3, 0.4) is 0 Å². The van der Waals surface area contributed by atoms with E-state index in [4.69, 9.17) is 9.47 Å². The molecule has 1 heterocycles. The lowest BCUT2D eigenvalue weighted by Gasteiger charge is -2.12. The van der Waals surface area contributed by atoms with Gasteiger partial charge >= 0.3 is 0 Å². The number of ether oxygens (including phenoxy) is 2. The Morgan fingerprint density at radius 2 is 1.93 bits per heavy atom. The summed E-state index contributed by atoms with van der Waals surface area (Å²) in [6, 6.07) is 7.49. The van der Waals surface area contributed by atoms with Crippen molar-refractivity contribution in [3.8, 4) is 11.5 Å². The first-order valence-corrected chi connectivity index (χ1v) is 10.1. The summed E-state index contributed by atoms with van der Waals surface area (Å²) in [7, 11) is 3.18. The van der Waals surface area contributed by atoms with E-state index in [2.05, 4.69) is 5.32 Å². The van der Waals surface area contributed by atoms with Gasteiger partial charge in [0.2, 0.25) is 0 Å². The fraction of sp³-hybridized carbons (Fsp3) is 0.400. The molecule has 0 aliphatic heterocycles. The van der Waals surface area contributed by atoms with Gasteiger partial charge < -0.3 is 19.4 Å². The van der Waals surface area contributed by atoms with Crippen LogP contribution in [0.25, 0.3) is 0 Å². The van der Waals surface area contributed by atoms with Crippen LogP contribution in [0.4, 0.5) is 0 Å². The normalized spacial score (nSPS) is 10.5. The number of methoxy groups -OCH3 is 2. The highest BCUT2D eigenvalue weighted by Gasteiger charge is 2.15. The largest absolute Gasteiger partial charge is 0.493 e. The Kier molecular flexibility index (Phi) is 7.79. The van der Waals surface area contributed by atoms with E-state index < -0.39 is 0 Å². The highest BCUT2D eigenvalue weighted by molar-refractivity contribution is 7.98. The molecule has 1 aromatic heterocycles. The molecule has 7 heteroatoms. The SMILES string of the molecule is COc1ccc(CCn2ccc(C)c(C(=O)NCCSC)c2=O)cc1OC. The molecule has 0 saturated carbocycles. The third-order valence-electron chi connectivity index (χ3n) is 4.28. The Hall–Kier alpha value is -2.41. The first-order valence-electron chi connectivity index (χ1n) is 8.70. The second kappa shape index (κ2) is 10.1. The van der Waals surface area contributed by atoms with Crippen LogP contribution < -0.4 is 20.3 Å². The Morgan fingerprint density at radius 3 is 2.59 bits per heavy atom. The zero-order valence-corrected chi connectivity index (χ0v) is 17.0. The second-order valence-corrected chi connectivity index (χ2v) is 7.05. The van der Waals surface area contributed by atoms with Crippen LogP contribution in [0.5, 0.6) is 11.5 Å². The predicted molar refractivity (Wildman–Crippen MR) is 109 cm³/mol.